The Kier molecular flexibility index (Phi) is 6.28. The summed E-state index contributed by atoms with van der Waals surface area (Å²) < 4.78 is 76.3. The van der Waals surface area contributed by atoms with Crippen molar-refractivity contribution in [2.45, 2.75) is 50.3 Å². The zero-order valence-electron chi connectivity index (χ0n) is 14.8. The number of alkyl halides is 5. The molecule has 0 aliphatic heterocycles. The highest BCUT2D eigenvalue weighted by Crippen LogP contribution is 2.49. The Morgan fingerprint density at radius 1 is 1.12 bits per heavy atom. The number of para-hydroxylation sites is 1. The third-order valence-corrected chi connectivity index (χ3v) is 4.02. The average molecular weight is 384 g/mol. The summed E-state index contributed by atoms with van der Waals surface area (Å²) >= 11 is 0. The fraction of sp³-hybridized carbons (Fsp3) is 0.588. The van der Waals surface area contributed by atoms with E-state index in [2.05, 4.69) is 4.74 Å². The van der Waals surface area contributed by atoms with Crippen LogP contribution in [0, 0.1) is 0 Å². The fourth-order valence-corrected chi connectivity index (χ4v) is 2.73. The van der Waals surface area contributed by atoms with Crippen molar-refractivity contribution in [3.63, 3.8) is 0 Å². The number of hydrogen-bond acceptors (Lipinski definition) is 4. The molecule has 0 aromatic heterocycles. The summed E-state index contributed by atoms with van der Waals surface area (Å²) in [6, 6.07) is 6.06. The van der Waals surface area contributed by atoms with Crippen LogP contribution in [-0.4, -0.2) is 42.5 Å². The number of carbonyl (C=O) groups excluding carboxylic acids is 1. The highest BCUT2D eigenvalue weighted by Gasteiger charge is 2.74. The molecule has 0 radical (unpaired) electrons. The lowest BCUT2D eigenvalue weighted by molar-refractivity contribution is -0.340. The van der Waals surface area contributed by atoms with Gasteiger partial charge in [0.2, 0.25) is 5.60 Å². The van der Waals surface area contributed by atoms with E-state index in [1.807, 2.05) is 0 Å². The van der Waals surface area contributed by atoms with E-state index < -0.39 is 42.1 Å². The van der Waals surface area contributed by atoms with Crippen LogP contribution in [0.3, 0.4) is 0 Å². The molecule has 4 nitrogen and oxygen atoms in total. The van der Waals surface area contributed by atoms with Crippen molar-refractivity contribution in [1.82, 2.24) is 0 Å². The normalized spacial score (nSPS) is 15.3. The highest BCUT2D eigenvalue weighted by atomic mass is 19.4. The molecule has 0 heterocycles. The first-order valence-electron chi connectivity index (χ1n) is 7.72. The van der Waals surface area contributed by atoms with Gasteiger partial charge in [0.15, 0.2) is 0 Å². The van der Waals surface area contributed by atoms with E-state index in [4.69, 9.17) is 4.74 Å². The predicted molar refractivity (Wildman–Crippen MR) is 83.2 cm³/mol. The summed E-state index contributed by atoms with van der Waals surface area (Å²) in [5, 5.41) is 10.2. The maximum absolute atomic E-state index is 14.1. The molecule has 0 spiro atoms. The van der Waals surface area contributed by atoms with Gasteiger partial charge in [-0.05, 0) is 24.0 Å². The number of halogens is 5. The van der Waals surface area contributed by atoms with E-state index in [-0.39, 0.29) is 11.3 Å². The standard InChI is InChI=1S/C17H21F5O4/c1-5-26-13(23)15(24,16(18,19)17(20,21)22)10-14(2,3)11-8-6-7-9-12(11)25-4/h6-9,24H,5,10H2,1-4H3. The number of benzene rings is 1. The molecule has 1 N–H and O–H groups in total. The van der Waals surface area contributed by atoms with Crippen LogP contribution >= 0.6 is 0 Å². The third-order valence-electron chi connectivity index (χ3n) is 4.02. The van der Waals surface area contributed by atoms with Gasteiger partial charge in [0, 0.05) is 6.42 Å². The second-order valence-corrected chi connectivity index (χ2v) is 6.41. The zero-order valence-corrected chi connectivity index (χ0v) is 14.8. The van der Waals surface area contributed by atoms with Crippen molar-refractivity contribution in [2.24, 2.45) is 0 Å². The molecule has 26 heavy (non-hydrogen) atoms. The van der Waals surface area contributed by atoms with Gasteiger partial charge in [0.25, 0.3) is 0 Å². The lowest BCUT2D eigenvalue weighted by Gasteiger charge is -2.40. The topological polar surface area (TPSA) is 55.8 Å². The molecule has 0 saturated heterocycles. The Hall–Kier alpha value is -1.90. The number of rotatable bonds is 7. The average Bonchev–Trinajstić information content (AvgIpc) is 2.53. The van der Waals surface area contributed by atoms with Gasteiger partial charge in [-0.3, -0.25) is 0 Å². The monoisotopic (exact) mass is 384 g/mol. The second kappa shape index (κ2) is 7.38. The number of aliphatic hydroxyl groups is 1. The molecular formula is C17H21F5O4. The molecule has 0 aliphatic carbocycles. The van der Waals surface area contributed by atoms with Crippen LogP contribution < -0.4 is 4.74 Å². The van der Waals surface area contributed by atoms with Crippen molar-refractivity contribution in [3.8, 4) is 5.75 Å². The predicted octanol–water partition coefficient (Wildman–Crippen LogP) is 3.85. The largest absolute Gasteiger partial charge is 0.496 e. The lowest BCUT2D eigenvalue weighted by Crippen LogP contribution is -2.63. The van der Waals surface area contributed by atoms with Crippen LogP contribution in [0.5, 0.6) is 5.75 Å². The van der Waals surface area contributed by atoms with Crippen LogP contribution in [0.25, 0.3) is 0 Å². The molecular weight excluding hydrogens is 363 g/mol. The van der Waals surface area contributed by atoms with Gasteiger partial charge in [-0.2, -0.15) is 22.0 Å². The maximum atomic E-state index is 14.1. The molecule has 148 valence electrons. The fourth-order valence-electron chi connectivity index (χ4n) is 2.73. The molecule has 1 aromatic rings. The molecule has 1 unspecified atom stereocenters. The molecule has 1 aromatic carbocycles. The van der Waals surface area contributed by atoms with Crippen LogP contribution in [-0.2, 0) is 14.9 Å². The smallest absolute Gasteiger partial charge is 0.457 e. The van der Waals surface area contributed by atoms with Crippen molar-refractivity contribution in [3.05, 3.63) is 29.8 Å². The Morgan fingerprint density at radius 2 is 1.65 bits per heavy atom. The number of carbonyl (C=O) groups is 1. The van der Waals surface area contributed by atoms with Gasteiger partial charge in [0.05, 0.1) is 13.7 Å². The number of esters is 1. The molecule has 1 rings (SSSR count). The van der Waals surface area contributed by atoms with E-state index in [1.165, 1.54) is 46.1 Å². The van der Waals surface area contributed by atoms with E-state index in [0.29, 0.717) is 0 Å². The minimum absolute atomic E-state index is 0.221. The molecule has 0 fully saturated rings. The Bertz CT molecular complexity index is 642. The van der Waals surface area contributed by atoms with Gasteiger partial charge in [-0.1, -0.05) is 32.0 Å². The molecule has 0 saturated carbocycles. The maximum Gasteiger partial charge on any atom is 0.457 e. The van der Waals surface area contributed by atoms with E-state index in [1.54, 1.807) is 6.07 Å². The summed E-state index contributed by atoms with van der Waals surface area (Å²) in [6.07, 6.45) is -7.39. The van der Waals surface area contributed by atoms with E-state index >= 15 is 0 Å². The second-order valence-electron chi connectivity index (χ2n) is 6.41. The van der Waals surface area contributed by atoms with Crippen LogP contribution in [0.4, 0.5) is 22.0 Å². The summed E-state index contributed by atoms with van der Waals surface area (Å²) in [4.78, 5) is 11.9. The highest BCUT2D eigenvalue weighted by molar-refractivity contribution is 5.81. The minimum Gasteiger partial charge on any atom is -0.496 e. The van der Waals surface area contributed by atoms with Gasteiger partial charge < -0.3 is 14.6 Å². The van der Waals surface area contributed by atoms with Crippen LogP contribution in [0.2, 0.25) is 0 Å². The molecule has 0 aliphatic rings. The van der Waals surface area contributed by atoms with Crippen molar-refractivity contribution >= 4 is 5.97 Å². The van der Waals surface area contributed by atoms with Crippen molar-refractivity contribution in [1.29, 1.82) is 0 Å². The van der Waals surface area contributed by atoms with Crippen LogP contribution in [0.15, 0.2) is 24.3 Å². The van der Waals surface area contributed by atoms with E-state index in [0.717, 1.165) is 0 Å². The van der Waals surface area contributed by atoms with E-state index in [9.17, 15) is 31.9 Å². The molecule has 0 bridgehead atoms. The number of methoxy groups -OCH3 is 1. The lowest BCUT2D eigenvalue weighted by atomic mass is 9.72. The molecule has 0 amide bonds. The quantitative estimate of drug-likeness (QED) is 0.573. The summed E-state index contributed by atoms with van der Waals surface area (Å²) in [5.74, 6) is -7.53. The zero-order chi connectivity index (χ0) is 20.4. The van der Waals surface area contributed by atoms with Crippen LogP contribution in [0.1, 0.15) is 32.8 Å². The minimum atomic E-state index is -6.15. The van der Waals surface area contributed by atoms with Gasteiger partial charge in [-0.15, -0.1) is 0 Å². The Labute approximate surface area is 147 Å². The molecule has 9 heteroatoms. The Morgan fingerprint density at radius 3 is 2.12 bits per heavy atom. The van der Waals surface area contributed by atoms with Gasteiger partial charge in [0.1, 0.15) is 5.75 Å². The Balaban J connectivity index is 3.48. The first-order chi connectivity index (χ1) is 11.7. The number of hydrogen-bond donors (Lipinski definition) is 1. The summed E-state index contributed by atoms with van der Waals surface area (Å²) in [7, 11) is 1.30. The summed E-state index contributed by atoms with van der Waals surface area (Å²) in [6.45, 7) is 3.41. The third kappa shape index (κ3) is 3.92. The SMILES string of the molecule is CCOC(=O)C(O)(CC(C)(C)c1ccccc1OC)C(F)(F)C(F)(F)F. The van der Waals surface area contributed by atoms with Gasteiger partial charge >= 0.3 is 18.1 Å². The first kappa shape index (κ1) is 22.1. The summed E-state index contributed by atoms with van der Waals surface area (Å²) in [5.41, 5.74) is -5.34. The molecule has 1 atom stereocenters. The first-order valence-corrected chi connectivity index (χ1v) is 7.72. The van der Waals surface area contributed by atoms with Crippen molar-refractivity contribution in [2.75, 3.05) is 13.7 Å². The van der Waals surface area contributed by atoms with Gasteiger partial charge in [-0.25, -0.2) is 4.79 Å². The number of ether oxygens (including phenoxy) is 2. The van der Waals surface area contributed by atoms with Crippen molar-refractivity contribution < 1.29 is 41.3 Å².